The summed E-state index contributed by atoms with van der Waals surface area (Å²) < 4.78 is 13.0. The van der Waals surface area contributed by atoms with Crippen molar-refractivity contribution >= 4 is 0 Å². The highest BCUT2D eigenvalue weighted by molar-refractivity contribution is 5.68. The Morgan fingerprint density at radius 1 is 1.00 bits per heavy atom. The molecule has 0 heterocycles. The van der Waals surface area contributed by atoms with E-state index in [9.17, 15) is 4.39 Å². The number of aryl methyl sites for hydroxylation is 2. The van der Waals surface area contributed by atoms with E-state index in [0.29, 0.717) is 0 Å². The predicted octanol–water partition coefficient (Wildman–Crippen LogP) is 3.60. The Hall–Kier alpha value is -1.67. The summed E-state index contributed by atoms with van der Waals surface area (Å²) in [5, 5.41) is 9.12. The molecule has 0 radical (unpaired) electrons. The maximum atomic E-state index is 13.0. The number of aliphatic hydroxyl groups is 1. The Balaban J connectivity index is 2.50. The maximum Gasteiger partial charge on any atom is 0.123 e. The lowest BCUT2D eigenvalue weighted by molar-refractivity contribution is 0.281. The largest absolute Gasteiger partial charge is 0.392 e. The molecule has 2 aromatic carbocycles. The molecule has 0 bridgehead atoms. The highest BCUT2D eigenvalue weighted by Gasteiger charge is 2.05. The molecule has 2 heteroatoms. The number of hydrogen-bond acceptors (Lipinski definition) is 1. The van der Waals surface area contributed by atoms with Gasteiger partial charge in [-0.05, 0) is 53.8 Å². The van der Waals surface area contributed by atoms with E-state index in [2.05, 4.69) is 0 Å². The Bertz CT molecular complexity index is 547. The van der Waals surface area contributed by atoms with Gasteiger partial charge in [-0.15, -0.1) is 0 Å². The summed E-state index contributed by atoms with van der Waals surface area (Å²) in [6, 6.07) is 10.7. The first-order valence-corrected chi connectivity index (χ1v) is 5.58. The number of rotatable bonds is 2. The molecule has 0 unspecified atom stereocenters. The van der Waals surface area contributed by atoms with Crippen LogP contribution in [0.25, 0.3) is 11.1 Å². The van der Waals surface area contributed by atoms with Gasteiger partial charge < -0.3 is 5.11 Å². The summed E-state index contributed by atoms with van der Waals surface area (Å²) in [7, 11) is 0. The van der Waals surface area contributed by atoms with Crippen LogP contribution in [0.5, 0.6) is 0 Å². The Morgan fingerprint density at radius 3 is 2.35 bits per heavy atom. The number of hydrogen-bond donors (Lipinski definition) is 1. The standard InChI is InChI=1S/C15H15FO/c1-10-7-12(3-4-13(10)9-17)15-6-5-14(16)8-11(15)2/h3-8,17H,9H2,1-2H3. The van der Waals surface area contributed by atoms with Crippen LogP contribution in [0, 0.1) is 19.7 Å². The van der Waals surface area contributed by atoms with E-state index in [1.165, 1.54) is 12.1 Å². The monoisotopic (exact) mass is 230 g/mol. The van der Waals surface area contributed by atoms with Gasteiger partial charge in [0.1, 0.15) is 5.82 Å². The maximum absolute atomic E-state index is 13.0. The third-order valence-corrected chi connectivity index (χ3v) is 3.01. The van der Waals surface area contributed by atoms with Crippen molar-refractivity contribution in [3.05, 3.63) is 58.9 Å². The van der Waals surface area contributed by atoms with E-state index in [4.69, 9.17) is 5.11 Å². The molecule has 1 nitrogen and oxygen atoms in total. The lowest BCUT2D eigenvalue weighted by Gasteiger charge is -2.09. The highest BCUT2D eigenvalue weighted by atomic mass is 19.1. The van der Waals surface area contributed by atoms with Crippen LogP contribution in [-0.2, 0) is 6.61 Å². The van der Waals surface area contributed by atoms with E-state index >= 15 is 0 Å². The first-order valence-electron chi connectivity index (χ1n) is 5.58. The molecular formula is C15H15FO. The molecule has 0 aromatic heterocycles. The Kier molecular flexibility index (Phi) is 3.25. The van der Waals surface area contributed by atoms with Crippen LogP contribution >= 0.6 is 0 Å². The zero-order chi connectivity index (χ0) is 12.4. The normalized spacial score (nSPS) is 10.6. The Labute approximate surface area is 101 Å². The first kappa shape index (κ1) is 11.8. The van der Waals surface area contributed by atoms with Crippen molar-refractivity contribution in [3.63, 3.8) is 0 Å². The molecule has 17 heavy (non-hydrogen) atoms. The first-order chi connectivity index (χ1) is 8.11. The third kappa shape index (κ3) is 2.37. The minimum atomic E-state index is -0.213. The SMILES string of the molecule is Cc1cc(-c2ccc(F)cc2C)ccc1CO. The quantitative estimate of drug-likeness (QED) is 0.835. The fourth-order valence-electron chi connectivity index (χ4n) is 1.99. The van der Waals surface area contributed by atoms with Gasteiger partial charge in [0.05, 0.1) is 6.61 Å². The lowest BCUT2D eigenvalue weighted by atomic mass is 9.97. The van der Waals surface area contributed by atoms with Gasteiger partial charge in [-0.3, -0.25) is 0 Å². The molecule has 0 fully saturated rings. The summed E-state index contributed by atoms with van der Waals surface area (Å²) in [5.74, 6) is -0.213. The highest BCUT2D eigenvalue weighted by Crippen LogP contribution is 2.26. The van der Waals surface area contributed by atoms with E-state index in [1.54, 1.807) is 6.07 Å². The van der Waals surface area contributed by atoms with Crippen LogP contribution < -0.4 is 0 Å². The van der Waals surface area contributed by atoms with Gasteiger partial charge in [0.2, 0.25) is 0 Å². The number of aliphatic hydroxyl groups excluding tert-OH is 1. The fourth-order valence-corrected chi connectivity index (χ4v) is 1.99. The van der Waals surface area contributed by atoms with Gasteiger partial charge in [-0.1, -0.05) is 24.3 Å². The van der Waals surface area contributed by atoms with Gasteiger partial charge in [0, 0.05) is 0 Å². The molecule has 0 aliphatic carbocycles. The fraction of sp³-hybridized carbons (Fsp3) is 0.200. The number of benzene rings is 2. The van der Waals surface area contributed by atoms with Crippen molar-refractivity contribution in [2.45, 2.75) is 20.5 Å². The zero-order valence-electron chi connectivity index (χ0n) is 10.00. The summed E-state index contributed by atoms with van der Waals surface area (Å²) in [6.07, 6.45) is 0. The Morgan fingerprint density at radius 2 is 1.76 bits per heavy atom. The molecule has 0 atom stereocenters. The average Bonchev–Trinajstić information content (AvgIpc) is 2.29. The van der Waals surface area contributed by atoms with Crippen LogP contribution in [0.2, 0.25) is 0 Å². The van der Waals surface area contributed by atoms with Gasteiger partial charge in [0.25, 0.3) is 0 Å². The second-order valence-corrected chi connectivity index (χ2v) is 4.26. The molecule has 1 N–H and O–H groups in total. The van der Waals surface area contributed by atoms with Crippen LogP contribution in [-0.4, -0.2) is 5.11 Å². The van der Waals surface area contributed by atoms with Crippen LogP contribution in [0.15, 0.2) is 36.4 Å². The van der Waals surface area contributed by atoms with Crippen molar-refractivity contribution in [2.75, 3.05) is 0 Å². The van der Waals surface area contributed by atoms with Gasteiger partial charge in [-0.25, -0.2) is 4.39 Å². The smallest absolute Gasteiger partial charge is 0.123 e. The van der Waals surface area contributed by atoms with Crippen molar-refractivity contribution < 1.29 is 9.50 Å². The van der Waals surface area contributed by atoms with Gasteiger partial charge in [-0.2, -0.15) is 0 Å². The van der Waals surface area contributed by atoms with Crippen LogP contribution in [0.3, 0.4) is 0 Å². The molecule has 0 amide bonds. The molecule has 0 saturated carbocycles. The molecule has 88 valence electrons. The van der Waals surface area contributed by atoms with E-state index in [1.807, 2.05) is 32.0 Å². The van der Waals surface area contributed by atoms with Crippen LogP contribution in [0.4, 0.5) is 4.39 Å². The molecule has 2 rings (SSSR count). The summed E-state index contributed by atoms with van der Waals surface area (Å²) in [6.45, 7) is 3.91. The topological polar surface area (TPSA) is 20.2 Å². The van der Waals surface area contributed by atoms with E-state index in [-0.39, 0.29) is 12.4 Å². The minimum absolute atomic E-state index is 0.0501. The molecule has 0 aliphatic rings. The summed E-state index contributed by atoms with van der Waals surface area (Å²) in [5.41, 5.74) is 4.97. The molecule has 2 aromatic rings. The van der Waals surface area contributed by atoms with Crippen molar-refractivity contribution in [3.8, 4) is 11.1 Å². The van der Waals surface area contributed by atoms with E-state index in [0.717, 1.165) is 27.8 Å². The zero-order valence-corrected chi connectivity index (χ0v) is 10.00. The molecule has 0 aliphatic heterocycles. The lowest BCUT2D eigenvalue weighted by Crippen LogP contribution is -1.91. The molecule has 0 spiro atoms. The second-order valence-electron chi connectivity index (χ2n) is 4.26. The molecular weight excluding hydrogens is 215 g/mol. The van der Waals surface area contributed by atoms with Crippen molar-refractivity contribution in [2.24, 2.45) is 0 Å². The average molecular weight is 230 g/mol. The summed E-state index contributed by atoms with van der Waals surface area (Å²) >= 11 is 0. The number of halogens is 1. The van der Waals surface area contributed by atoms with Crippen molar-refractivity contribution in [1.82, 2.24) is 0 Å². The van der Waals surface area contributed by atoms with Crippen molar-refractivity contribution in [1.29, 1.82) is 0 Å². The summed E-state index contributed by atoms with van der Waals surface area (Å²) in [4.78, 5) is 0. The van der Waals surface area contributed by atoms with E-state index < -0.39 is 0 Å². The van der Waals surface area contributed by atoms with Gasteiger partial charge >= 0.3 is 0 Å². The van der Waals surface area contributed by atoms with Crippen LogP contribution in [0.1, 0.15) is 16.7 Å². The third-order valence-electron chi connectivity index (χ3n) is 3.01. The minimum Gasteiger partial charge on any atom is -0.392 e. The predicted molar refractivity (Wildman–Crippen MR) is 67.2 cm³/mol. The second kappa shape index (κ2) is 4.68. The molecule has 0 saturated heterocycles. The van der Waals surface area contributed by atoms with Gasteiger partial charge in [0.15, 0.2) is 0 Å².